The molecule has 146 valence electrons. The third-order valence-corrected chi connectivity index (χ3v) is 4.42. The summed E-state index contributed by atoms with van der Waals surface area (Å²) in [4.78, 5) is 37.2. The van der Waals surface area contributed by atoms with Crippen LogP contribution in [0.1, 0.15) is 45.8 Å². The van der Waals surface area contributed by atoms with E-state index in [-0.39, 0.29) is 39.3 Å². The summed E-state index contributed by atoms with van der Waals surface area (Å²) in [7, 11) is 1.47. The highest BCUT2D eigenvalue weighted by atomic mass is 35.5. The zero-order valence-electron chi connectivity index (χ0n) is 15.7. The number of rotatable bonds is 5. The summed E-state index contributed by atoms with van der Waals surface area (Å²) in [6.45, 7) is 4.93. The molecular formula is C19H18ClFN4O3. The molecule has 1 heterocycles. The summed E-state index contributed by atoms with van der Waals surface area (Å²) in [6, 6.07) is 4.98. The number of nitrogens with zero attached hydrogens (tertiary/aromatic N) is 2. The second-order valence-electron chi connectivity index (χ2n) is 6.42. The standard InChI is InChI=1S/C19H18ClFN4O3/c1-9(2)23-19(28)16(26)15-10(3)14(17(20)25(15)4)18(27)24-12-5-6-13(21)11(7-12)8-22/h5-7,9H,1-4H3,(H,23,28)(H,24,27). The molecule has 2 aromatic rings. The average Bonchev–Trinajstić information content (AvgIpc) is 2.84. The van der Waals surface area contributed by atoms with Crippen LogP contribution in [0.5, 0.6) is 0 Å². The molecule has 0 radical (unpaired) electrons. The number of carbonyl (C=O) groups excluding carboxylic acids is 3. The maximum atomic E-state index is 13.4. The molecule has 1 aromatic carbocycles. The Kier molecular flexibility index (Phi) is 6.21. The number of hydrogen-bond acceptors (Lipinski definition) is 4. The van der Waals surface area contributed by atoms with Crippen LogP contribution >= 0.6 is 11.6 Å². The van der Waals surface area contributed by atoms with Gasteiger partial charge in [0.2, 0.25) is 0 Å². The van der Waals surface area contributed by atoms with Crippen molar-refractivity contribution in [2.24, 2.45) is 7.05 Å². The molecule has 7 nitrogen and oxygen atoms in total. The van der Waals surface area contributed by atoms with Crippen LogP contribution in [-0.4, -0.2) is 28.2 Å². The SMILES string of the molecule is Cc1c(C(=O)Nc2ccc(F)c(C#N)c2)c(Cl)n(C)c1C(=O)C(=O)NC(C)C. The van der Waals surface area contributed by atoms with Gasteiger partial charge in [-0.25, -0.2) is 4.39 Å². The Morgan fingerprint density at radius 2 is 1.93 bits per heavy atom. The van der Waals surface area contributed by atoms with Crippen LogP contribution in [0.15, 0.2) is 18.2 Å². The van der Waals surface area contributed by atoms with E-state index < -0.39 is 23.4 Å². The smallest absolute Gasteiger partial charge is 0.294 e. The Morgan fingerprint density at radius 1 is 1.29 bits per heavy atom. The van der Waals surface area contributed by atoms with Gasteiger partial charge >= 0.3 is 0 Å². The van der Waals surface area contributed by atoms with Crippen LogP contribution in [0.3, 0.4) is 0 Å². The van der Waals surface area contributed by atoms with Gasteiger partial charge in [-0.2, -0.15) is 5.26 Å². The maximum absolute atomic E-state index is 13.4. The number of ketones is 1. The van der Waals surface area contributed by atoms with Crippen LogP contribution in [0.2, 0.25) is 5.15 Å². The predicted octanol–water partition coefficient (Wildman–Crippen LogP) is 2.96. The second-order valence-corrected chi connectivity index (χ2v) is 6.77. The first-order valence-electron chi connectivity index (χ1n) is 8.29. The normalized spacial score (nSPS) is 10.5. The van der Waals surface area contributed by atoms with Crippen LogP contribution in [0, 0.1) is 24.1 Å². The molecule has 2 rings (SSSR count). The fraction of sp³-hybridized carbons (Fsp3) is 0.263. The van der Waals surface area contributed by atoms with Gasteiger partial charge in [0.25, 0.3) is 17.6 Å². The van der Waals surface area contributed by atoms with Crippen molar-refractivity contribution in [1.82, 2.24) is 9.88 Å². The van der Waals surface area contributed by atoms with E-state index >= 15 is 0 Å². The Labute approximate surface area is 166 Å². The summed E-state index contributed by atoms with van der Waals surface area (Å²) in [6.07, 6.45) is 0. The second kappa shape index (κ2) is 8.23. The largest absolute Gasteiger partial charge is 0.347 e. The lowest BCUT2D eigenvalue weighted by Crippen LogP contribution is -2.37. The molecule has 0 atom stereocenters. The van der Waals surface area contributed by atoms with Gasteiger partial charge in [0.05, 0.1) is 16.8 Å². The van der Waals surface area contributed by atoms with Gasteiger partial charge < -0.3 is 15.2 Å². The molecule has 0 saturated carbocycles. The summed E-state index contributed by atoms with van der Waals surface area (Å²) in [5.41, 5.74) is 0.192. The van der Waals surface area contributed by atoms with Crippen molar-refractivity contribution in [2.75, 3.05) is 5.32 Å². The van der Waals surface area contributed by atoms with E-state index in [1.807, 2.05) is 0 Å². The molecule has 0 aliphatic carbocycles. The lowest BCUT2D eigenvalue weighted by atomic mass is 10.1. The van der Waals surface area contributed by atoms with Gasteiger partial charge in [0.1, 0.15) is 17.0 Å². The lowest BCUT2D eigenvalue weighted by molar-refractivity contribution is -0.117. The summed E-state index contributed by atoms with van der Waals surface area (Å²) < 4.78 is 14.7. The third kappa shape index (κ3) is 4.05. The van der Waals surface area contributed by atoms with Crippen LogP contribution in [0.25, 0.3) is 0 Å². The minimum absolute atomic E-state index is 0.00713. The number of nitriles is 1. The van der Waals surface area contributed by atoms with Crippen LogP contribution in [0.4, 0.5) is 10.1 Å². The molecule has 0 bridgehead atoms. The number of nitrogens with one attached hydrogen (secondary N) is 2. The number of anilines is 1. The minimum Gasteiger partial charge on any atom is -0.347 e. The van der Waals surface area contributed by atoms with Crippen molar-refractivity contribution in [1.29, 1.82) is 5.26 Å². The number of carbonyl (C=O) groups is 3. The van der Waals surface area contributed by atoms with E-state index in [1.54, 1.807) is 19.9 Å². The van der Waals surface area contributed by atoms with Gasteiger partial charge in [-0.15, -0.1) is 0 Å². The highest BCUT2D eigenvalue weighted by molar-refractivity contribution is 6.44. The monoisotopic (exact) mass is 404 g/mol. The molecule has 1 aromatic heterocycles. The average molecular weight is 405 g/mol. The first kappa shape index (κ1) is 21.1. The van der Waals surface area contributed by atoms with E-state index in [0.29, 0.717) is 0 Å². The van der Waals surface area contributed by atoms with Gasteiger partial charge in [0, 0.05) is 18.8 Å². The Bertz CT molecular complexity index is 1020. The van der Waals surface area contributed by atoms with E-state index in [1.165, 1.54) is 30.7 Å². The predicted molar refractivity (Wildman–Crippen MR) is 102 cm³/mol. The fourth-order valence-corrected chi connectivity index (χ4v) is 3.01. The fourth-order valence-electron chi connectivity index (χ4n) is 2.69. The van der Waals surface area contributed by atoms with Gasteiger partial charge in [-0.3, -0.25) is 14.4 Å². The van der Waals surface area contributed by atoms with Crippen molar-refractivity contribution >= 4 is 34.9 Å². The third-order valence-electron chi connectivity index (χ3n) is 3.98. The Morgan fingerprint density at radius 3 is 2.50 bits per heavy atom. The molecule has 0 saturated heterocycles. The first-order chi connectivity index (χ1) is 13.1. The number of halogens is 2. The van der Waals surface area contributed by atoms with Crippen molar-refractivity contribution in [2.45, 2.75) is 26.8 Å². The van der Waals surface area contributed by atoms with E-state index in [4.69, 9.17) is 16.9 Å². The highest BCUT2D eigenvalue weighted by Crippen LogP contribution is 2.28. The number of Topliss-reactive ketones (excluding diaryl/α,β-unsaturated/α-hetero) is 1. The molecule has 0 aliphatic rings. The zero-order valence-corrected chi connectivity index (χ0v) is 16.4. The molecule has 0 fully saturated rings. The molecule has 9 heteroatoms. The highest BCUT2D eigenvalue weighted by Gasteiger charge is 2.29. The van der Waals surface area contributed by atoms with E-state index in [9.17, 15) is 18.8 Å². The zero-order chi connectivity index (χ0) is 21.2. The van der Waals surface area contributed by atoms with E-state index in [2.05, 4.69) is 10.6 Å². The summed E-state index contributed by atoms with van der Waals surface area (Å²) in [5.74, 6) is -2.99. The quantitative estimate of drug-likeness (QED) is 0.590. The molecule has 2 amide bonds. The van der Waals surface area contributed by atoms with Crippen LogP contribution in [-0.2, 0) is 11.8 Å². The van der Waals surface area contributed by atoms with Gasteiger partial charge in [0.15, 0.2) is 0 Å². The van der Waals surface area contributed by atoms with Crippen molar-refractivity contribution in [3.05, 3.63) is 51.6 Å². The number of amides is 2. The number of hydrogen-bond donors (Lipinski definition) is 2. The summed E-state index contributed by atoms with van der Waals surface area (Å²) >= 11 is 6.22. The first-order valence-corrected chi connectivity index (χ1v) is 8.67. The molecule has 0 unspecified atom stereocenters. The van der Waals surface area contributed by atoms with Gasteiger partial charge in [-0.1, -0.05) is 11.6 Å². The molecule has 28 heavy (non-hydrogen) atoms. The number of aromatic nitrogens is 1. The molecule has 2 N–H and O–H groups in total. The summed E-state index contributed by atoms with van der Waals surface area (Å²) in [5, 5.41) is 13.9. The minimum atomic E-state index is -0.816. The molecule has 0 spiro atoms. The number of benzene rings is 1. The Balaban J connectivity index is 2.39. The van der Waals surface area contributed by atoms with Crippen molar-refractivity contribution < 1.29 is 18.8 Å². The lowest BCUT2D eigenvalue weighted by Gasteiger charge is -2.08. The van der Waals surface area contributed by atoms with Gasteiger partial charge in [-0.05, 0) is 44.5 Å². The van der Waals surface area contributed by atoms with Crippen LogP contribution < -0.4 is 10.6 Å². The topological polar surface area (TPSA) is 104 Å². The maximum Gasteiger partial charge on any atom is 0.294 e. The Hall–Kier alpha value is -3.18. The van der Waals surface area contributed by atoms with E-state index in [0.717, 1.165) is 6.07 Å². The van der Waals surface area contributed by atoms with Crippen molar-refractivity contribution in [3.8, 4) is 6.07 Å². The molecular weight excluding hydrogens is 387 g/mol. The molecule has 0 aliphatic heterocycles. The van der Waals surface area contributed by atoms with Crippen molar-refractivity contribution in [3.63, 3.8) is 0 Å².